The van der Waals surface area contributed by atoms with Gasteiger partial charge in [-0.2, -0.15) is 0 Å². The highest BCUT2D eigenvalue weighted by atomic mass is 16.5. The molecule has 0 bridgehead atoms. The molecule has 0 spiro atoms. The highest BCUT2D eigenvalue weighted by molar-refractivity contribution is 5.81. The molecule has 1 N–H and O–H groups in total. The molecule has 2 rings (SSSR count). The fourth-order valence-electron chi connectivity index (χ4n) is 5.59. The second kappa shape index (κ2) is 10.8. The third kappa shape index (κ3) is 7.94. The Bertz CT molecular complexity index is 527. The Labute approximate surface area is 178 Å². The smallest absolute Gasteiger partial charge is 0.310 e. The SMILES string of the molecule is CC1CCC(C(CCC(C)CC(C)(C)C)OC(=O)C2CCCCC2C(=O)O)CC1. The molecule has 0 heterocycles. The first kappa shape index (κ1) is 24.2. The fourth-order valence-corrected chi connectivity index (χ4v) is 5.59. The largest absolute Gasteiger partial charge is 0.481 e. The molecule has 2 saturated carbocycles. The van der Waals surface area contributed by atoms with Crippen LogP contribution in [0.1, 0.15) is 105 Å². The third-order valence-corrected chi connectivity index (χ3v) is 7.14. The fraction of sp³-hybridized carbons (Fsp3) is 0.920. The van der Waals surface area contributed by atoms with E-state index >= 15 is 0 Å². The van der Waals surface area contributed by atoms with Crippen molar-refractivity contribution in [3.8, 4) is 0 Å². The van der Waals surface area contributed by atoms with Crippen LogP contribution in [0.4, 0.5) is 0 Å². The molecule has 29 heavy (non-hydrogen) atoms. The minimum atomic E-state index is -0.839. The van der Waals surface area contributed by atoms with Gasteiger partial charge < -0.3 is 9.84 Å². The molecular formula is C25H44O4. The lowest BCUT2D eigenvalue weighted by Crippen LogP contribution is -2.38. The Kier molecular flexibility index (Phi) is 9.03. The number of carboxylic acid groups (broad SMARTS) is 1. The maximum absolute atomic E-state index is 13.0. The van der Waals surface area contributed by atoms with Crippen molar-refractivity contribution in [3.05, 3.63) is 0 Å². The van der Waals surface area contributed by atoms with Gasteiger partial charge in [-0.1, -0.05) is 60.3 Å². The maximum atomic E-state index is 13.0. The van der Waals surface area contributed by atoms with Gasteiger partial charge in [0.2, 0.25) is 0 Å². The standard InChI is InChI=1S/C25H44O4/c1-17-10-13-19(14-11-17)22(15-12-18(2)16-25(3,4)5)29-24(28)21-9-7-6-8-20(21)23(26)27/h17-22H,6-16H2,1-5H3,(H,26,27). The number of carbonyl (C=O) groups excluding carboxylic acids is 1. The second-order valence-electron chi connectivity index (χ2n) is 11.3. The van der Waals surface area contributed by atoms with Crippen molar-refractivity contribution >= 4 is 11.9 Å². The molecule has 0 amide bonds. The summed E-state index contributed by atoms with van der Waals surface area (Å²) in [5, 5.41) is 9.55. The Balaban J connectivity index is 2.02. The van der Waals surface area contributed by atoms with E-state index in [0.29, 0.717) is 30.1 Å². The summed E-state index contributed by atoms with van der Waals surface area (Å²) in [6.45, 7) is 11.4. The molecule has 2 fully saturated rings. The Morgan fingerprint density at radius 3 is 2.10 bits per heavy atom. The number of ether oxygens (including phenoxy) is 1. The van der Waals surface area contributed by atoms with Crippen LogP contribution in [0.25, 0.3) is 0 Å². The molecule has 0 aromatic carbocycles. The van der Waals surface area contributed by atoms with Gasteiger partial charge in [0.25, 0.3) is 0 Å². The number of hydrogen-bond donors (Lipinski definition) is 1. The number of aliphatic carboxylic acids is 1. The van der Waals surface area contributed by atoms with Crippen LogP contribution in [-0.2, 0) is 14.3 Å². The quantitative estimate of drug-likeness (QED) is 0.468. The van der Waals surface area contributed by atoms with Gasteiger partial charge in [-0.3, -0.25) is 9.59 Å². The molecule has 168 valence electrons. The van der Waals surface area contributed by atoms with Gasteiger partial charge in [0, 0.05) is 0 Å². The number of carboxylic acids is 1. The number of hydrogen-bond acceptors (Lipinski definition) is 3. The summed E-state index contributed by atoms with van der Waals surface area (Å²) in [7, 11) is 0. The van der Waals surface area contributed by atoms with E-state index in [1.54, 1.807) is 0 Å². The van der Waals surface area contributed by atoms with Crippen molar-refractivity contribution in [2.75, 3.05) is 0 Å². The third-order valence-electron chi connectivity index (χ3n) is 7.14. The number of rotatable bonds is 8. The second-order valence-corrected chi connectivity index (χ2v) is 11.3. The van der Waals surface area contributed by atoms with Crippen molar-refractivity contribution in [2.45, 2.75) is 111 Å². The van der Waals surface area contributed by atoms with Gasteiger partial charge in [0.15, 0.2) is 0 Å². The lowest BCUT2D eigenvalue weighted by molar-refractivity contribution is -0.167. The average molecular weight is 409 g/mol. The minimum Gasteiger partial charge on any atom is -0.481 e. The van der Waals surface area contributed by atoms with E-state index in [0.717, 1.165) is 44.4 Å². The Morgan fingerprint density at radius 2 is 1.55 bits per heavy atom. The first-order valence-electron chi connectivity index (χ1n) is 12.0. The molecule has 2 aliphatic carbocycles. The van der Waals surface area contributed by atoms with Crippen molar-refractivity contribution in [1.29, 1.82) is 0 Å². The highest BCUT2D eigenvalue weighted by Crippen LogP contribution is 2.37. The molecule has 0 aromatic heterocycles. The molecule has 2 aliphatic rings. The number of esters is 1. The van der Waals surface area contributed by atoms with Crippen LogP contribution in [0.3, 0.4) is 0 Å². The Morgan fingerprint density at radius 1 is 0.966 bits per heavy atom. The zero-order valence-corrected chi connectivity index (χ0v) is 19.4. The van der Waals surface area contributed by atoms with Gasteiger partial charge >= 0.3 is 11.9 Å². The van der Waals surface area contributed by atoms with Crippen LogP contribution in [0.2, 0.25) is 0 Å². The highest BCUT2D eigenvalue weighted by Gasteiger charge is 2.39. The predicted octanol–water partition coefficient (Wildman–Crippen LogP) is 6.47. The zero-order chi connectivity index (χ0) is 21.6. The molecule has 4 unspecified atom stereocenters. The summed E-state index contributed by atoms with van der Waals surface area (Å²) in [5.74, 6) is -0.319. The summed E-state index contributed by atoms with van der Waals surface area (Å²) >= 11 is 0. The lowest BCUT2D eigenvalue weighted by Gasteiger charge is -2.35. The topological polar surface area (TPSA) is 63.6 Å². The van der Waals surface area contributed by atoms with Gasteiger partial charge in [0.05, 0.1) is 11.8 Å². The van der Waals surface area contributed by atoms with Crippen molar-refractivity contribution in [3.63, 3.8) is 0 Å². The molecule has 4 heteroatoms. The van der Waals surface area contributed by atoms with Crippen LogP contribution in [0.5, 0.6) is 0 Å². The minimum absolute atomic E-state index is 0.0474. The van der Waals surface area contributed by atoms with Crippen LogP contribution < -0.4 is 0 Å². The molecule has 0 aliphatic heterocycles. The molecule has 0 aromatic rings. The van der Waals surface area contributed by atoms with E-state index in [9.17, 15) is 14.7 Å². The van der Waals surface area contributed by atoms with Gasteiger partial charge in [-0.25, -0.2) is 0 Å². The summed E-state index contributed by atoms with van der Waals surface area (Å²) in [6.07, 6.45) is 10.8. The van der Waals surface area contributed by atoms with E-state index in [4.69, 9.17) is 4.74 Å². The number of carbonyl (C=O) groups is 2. The van der Waals surface area contributed by atoms with Crippen LogP contribution in [0.15, 0.2) is 0 Å². The monoisotopic (exact) mass is 408 g/mol. The first-order valence-corrected chi connectivity index (χ1v) is 12.0. The van der Waals surface area contributed by atoms with Gasteiger partial charge in [0.1, 0.15) is 6.10 Å². The van der Waals surface area contributed by atoms with Crippen LogP contribution >= 0.6 is 0 Å². The van der Waals surface area contributed by atoms with E-state index in [1.807, 2.05) is 0 Å². The van der Waals surface area contributed by atoms with E-state index < -0.39 is 17.8 Å². The summed E-state index contributed by atoms with van der Waals surface area (Å²) < 4.78 is 6.12. The summed E-state index contributed by atoms with van der Waals surface area (Å²) in [4.78, 5) is 24.7. The molecule has 4 nitrogen and oxygen atoms in total. The summed E-state index contributed by atoms with van der Waals surface area (Å²) in [6, 6.07) is 0. The van der Waals surface area contributed by atoms with Gasteiger partial charge in [-0.15, -0.1) is 0 Å². The summed E-state index contributed by atoms with van der Waals surface area (Å²) in [5.41, 5.74) is 0.308. The van der Waals surface area contributed by atoms with Crippen molar-refractivity contribution < 1.29 is 19.4 Å². The van der Waals surface area contributed by atoms with Gasteiger partial charge in [-0.05, 0) is 68.1 Å². The van der Waals surface area contributed by atoms with Crippen LogP contribution in [-0.4, -0.2) is 23.1 Å². The van der Waals surface area contributed by atoms with Crippen molar-refractivity contribution in [1.82, 2.24) is 0 Å². The molecule has 0 saturated heterocycles. The normalized spacial score (nSPS) is 30.4. The zero-order valence-electron chi connectivity index (χ0n) is 19.4. The predicted molar refractivity (Wildman–Crippen MR) is 117 cm³/mol. The van der Waals surface area contributed by atoms with Crippen molar-refractivity contribution in [2.24, 2.45) is 35.0 Å². The molecular weight excluding hydrogens is 364 g/mol. The first-order chi connectivity index (χ1) is 13.6. The van der Waals surface area contributed by atoms with E-state index in [-0.39, 0.29) is 12.1 Å². The lowest BCUT2D eigenvalue weighted by atomic mass is 9.77. The van der Waals surface area contributed by atoms with Crippen LogP contribution in [0, 0.1) is 35.0 Å². The van der Waals surface area contributed by atoms with E-state index in [1.165, 1.54) is 19.3 Å². The molecule has 0 radical (unpaired) electrons. The Hall–Kier alpha value is -1.06. The maximum Gasteiger partial charge on any atom is 0.310 e. The van der Waals surface area contributed by atoms with E-state index in [2.05, 4.69) is 34.6 Å². The molecule has 4 atom stereocenters. The average Bonchev–Trinajstić information content (AvgIpc) is 2.64.